The Morgan fingerprint density at radius 3 is 2.52 bits per heavy atom. The van der Waals surface area contributed by atoms with Gasteiger partial charge >= 0.3 is 0 Å². The van der Waals surface area contributed by atoms with Gasteiger partial charge in [0.15, 0.2) is 11.5 Å². The molecule has 0 aliphatic carbocycles. The Labute approximate surface area is 268 Å². The topological polar surface area (TPSA) is 142 Å². The van der Waals surface area contributed by atoms with Crippen LogP contribution in [0.5, 0.6) is 17.2 Å². The molecular formula is C34H39N5O7. The maximum atomic E-state index is 13.7. The maximum Gasteiger partial charge on any atom is 0.255 e. The summed E-state index contributed by atoms with van der Waals surface area (Å²) in [5.41, 5.74) is 1.40. The second-order valence-corrected chi connectivity index (χ2v) is 12.3. The van der Waals surface area contributed by atoms with E-state index in [1.807, 2.05) is 29.2 Å². The van der Waals surface area contributed by atoms with Gasteiger partial charge in [0.1, 0.15) is 18.4 Å². The van der Waals surface area contributed by atoms with E-state index >= 15 is 0 Å². The van der Waals surface area contributed by atoms with Gasteiger partial charge in [-0.25, -0.2) is 0 Å². The van der Waals surface area contributed by atoms with E-state index in [2.05, 4.69) is 16.3 Å². The third-order valence-corrected chi connectivity index (χ3v) is 9.90. The van der Waals surface area contributed by atoms with Crippen LogP contribution in [-0.4, -0.2) is 97.4 Å². The van der Waals surface area contributed by atoms with Crippen LogP contribution in [0.3, 0.4) is 0 Å². The molecule has 2 aromatic carbocycles. The zero-order chi connectivity index (χ0) is 32.4. The number of piperidine rings is 2. The molecular weight excluding hydrogens is 590 g/mol. The number of hydrogen-bond donors (Lipinski definition) is 1. The van der Waals surface area contributed by atoms with Crippen molar-refractivity contribution in [3.8, 4) is 23.3 Å². The lowest BCUT2D eigenvalue weighted by Gasteiger charge is -2.39. The summed E-state index contributed by atoms with van der Waals surface area (Å²) in [6.45, 7) is 2.90. The molecule has 1 N–H and O–H groups in total. The van der Waals surface area contributed by atoms with Gasteiger partial charge in [0, 0.05) is 37.2 Å². The first-order valence-electron chi connectivity index (χ1n) is 15.8. The quantitative estimate of drug-likeness (QED) is 0.414. The molecule has 2 aromatic rings. The fourth-order valence-corrected chi connectivity index (χ4v) is 7.26. The van der Waals surface area contributed by atoms with Crippen LogP contribution in [0.15, 0.2) is 36.4 Å². The first kappa shape index (κ1) is 31.4. The van der Waals surface area contributed by atoms with Crippen molar-refractivity contribution < 1.29 is 33.4 Å². The number of nitrogens with zero attached hydrogens (tertiary/aromatic N) is 4. The monoisotopic (exact) mass is 629 g/mol. The number of carbonyl (C=O) groups is 4. The standard InChI is InChI=1S/C34H39N5O7/c1-44-28-10-8-22(19-29(28)45-2)34(21-35)12-15-38(16-13-34)33(43)26-6-4-14-37(26)17-18-46-27-7-3-5-23-24(27)20-39(32(23)42)25-9-11-30(40)36-31(25)41/h3,5,7-8,10,19,25-26H,4,6,9,11-18,20H2,1-2H3,(H,36,40,41)/t25?,26-/m1/s1. The number of ether oxygens (including phenoxy) is 3. The minimum atomic E-state index is -0.704. The zero-order valence-electron chi connectivity index (χ0n) is 26.3. The van der Waals surface area contributed by atoms with Gasteiger partial charge in [-0.3, -0.25) is 29.4 Å². The minimum absolute atomic E-state index is 0.0856. The highest BCUT2D eigenvalue weighted by atomic mass is 16.5. The predicted molar refractivity (Wildman–Crippen MR) is 165 cm³/mol. The third kappa shape index (κ3) is 5.75. The molecule has 0 bridgehead atoms. The van der Waals surface area contributed by atoms with Crippen LogP contribution in [0.2, 0.25) is 0 Å². The first-order valence-corrected chi connectivity index (χ1v) is 15.8. The van der Waals surface area contributed by atoms with Crippen LogP contribution in [0, 0.1) is 11.3 Å². The highest BCUT2D eigenvalue weighted by molar-refractivity contribution is 6.05. The molecule has 4 amide bonds. The molecule has 0 aromatic heterocycles. The van der Waals surface area contributed by atoms with Gasteiger partial charge in [-0.15, -0.1) is 0 Å². The summed E-state index contributed by atoms with van der Waals surface area (Å²) in [4.78, 5) is 56.5. The van der Waals surface area contributed by atoms with E-state index < -0.39 is 17.4 Å². The molecule has 0 saturated carbocycles. The minimum Gasteiger partial charge on any atom is -0.493 e. The Hall–Kier alpha value is -4.63. The third-order valence-electron chi connectivity index (χ3n) is 9.90. The largest absolute Gasteiger partial charge is 0.493 e. The number of nitriles is 1. The van der Waals surface area contributed by atoms with Crippen LogP contribution in [0.25, 0.3) is 0 Å². The van der Waals surface area contributed by atoms with Crippen molar-refractivity contribution in [2.75, 3.05) is 47.0 Å². The van der Waals surface area contributed by atoms with Gasteiger partial charge in [0.05, 0.1) is 38.3 Å². The summed E-state index contributed by atoms with van der Waals surface area (Å²) in [7, 11) is 3.15. The van der Waals surface area contributed by atoms with Crippen molar-refractivity contribution >= 4 is 23.6 Å². The van der Waals surface area contributed by atoms with Crippen molar-refractivity contribution in [3.63, 3.8) is 0 Å². The molecule has 4 aliphatic rings. The molecule has 12 nitrogen and oxygen atoms in total. The number of carbonyl (C=O) groups excluding carboxylic acids is 4. The normalized spacial score (nSPS) is 22.7. The molecule has 3 fully saturated rings. The lowest BCUT2D eigenvalue weighted by molar-refractivity contribution is -0.138. The molecule has 12 heteroatoms. The van der Waals surface area contributed by atoms with Gasteiger partial charge in [-0.1, -0.05) is 12.1 Å². The number of methoxy groups -OCH3 is 2. The van der Waals surface area contributed by atoms with Crippen LogP contribution in [-0.2, 0) is 26.3 Å². The molecule has 1 unspecified atom stereocenters. The van der Waals surface area contributed by atoms with Gasteiger partial charge in [0.2, 0.25) is 17.7 Å². The molecule has 242 valence electrons. The van der Waals surface area contributed by atoms with Crippen molar-refractivity contribution in [1.82, 2.24) is 20.0 Å². The molecule has 2 atom stereocenters. The van der Waals surface area contributed by atoms with Crippen molar-refractivity contribution in [2.24, 2.45) is 0 Å². The van der Waals surface area contributed by atoms with E-state index in [4.69, 9.17) is 14.2 Å². The maximum absolute atomic E-state index is 13.7. The summed E-state index contributed by atoms with van der Waals surface area (Å²) < 4.78 is 17.0. The number of fused-ring (bicyclic) bond motifs is 1. The number of amides is 4. The van der Waals surface area contributed by atoms with Crippen LogP contribution < -0.4 is 19.5 Å². The highest BCUT2D eigenvalue weighted by Crippen LogP contribution is 2.40. The molecule has 4 heterocycles. The number of rotatable bonds is 9. The summed E-state index contributed by atoms with van der Waals surface area (Å²) in [5, 5.41) is 12.6. The lowest BCUT2D eigenvalue weighted by Crippen LogP contribution is -2.52. The van der Waals surface area contributed by atoms with E-state index in [-0.39, 0.29) is 36.7 Å². The Kier molecular flexibility index (Phi) is 8.86. The molecule has 4 aliphatic heterocycles. The van der Waals surface area contributed by atoms with E-state index in [0.29, 0.717) is 68.3 Å². The summed E-state index contributed by atoms with van der Waals surface area (Å²) in [5.74, 6) is 0.848. The van der Waals surface area contributed by atoms with Crippen LogP contribution in [0.1, 0.15) is 60.0 Å². The number of likely N-dealkylation sites (tertiary alicyclic amines) is 2. The average Bonchev–Trinajstić information content (AvgIpc) is 3.69. The van der Waals surface area contributed by atoms with Crippen molar-refractivity contribution in [1.29, 1.82) is 5.26 Å². The Balaban J connectivity index is 1.05. The Morgan fingerprint density at radius 1 is 1.02 bits per heavy atom. The van der Waals surface area contributed by atoms with Crippen molar-refractivity contribution in [2.45, 2.75) is 62.6 Å². The molecule has 46 heavy (non-hydrogen) atoms. The fraction of sp³-hybridized carbons (Fsp3) is 0.500. The average molecular weight is 630 g/mol. The van der Waals surface area contributed by atoms with Gasteiger partial charge in [0.25, 0.3) is 5.91 Å². The van der Waals surface area contributed by atoms with Crippen molar-refractivity contribution in [3.05, 3.63) is 53.1 Å². The van der Waals surface area contributed by atoms with Gasteiger partial charge in [-0.2, -0.15) is 5.26 Å². The van der Waals surface area contributed by atoms with E-state index in [0.717, 1.165) is 30.5 Å². The Bertz CT molecular complexity index is 1580. The number of imide groups is 1. The van der Waals surface area contributed by atoms with Gasteiger partial charge in [-0.05, 0) is 68.5 Å². The van der Waals surface area contributed by atoms with Crippen LogP contribution in [0.4, 0.5) is 0 Å². The molecule has 0 radical (unpaired) electrons. The predicted octanol–water partition coefficient (Wildman–Crippen LogP) is 2.39. The smallest absolute Gasteiger partial charge is 0.255 e. The number of hydrogen-bond acceptors (Lipinski definition) is 9. The Morgan fingerprint density at radius 2 is 1.80 bits per heavy atom. The molecule has 6 rings (SSSR count). The first-order chi connectivity index (χ1) is 22.3. The van der Waals surface area contributed by atoms with E-state index in [9.17, 15) is 24.4 Å². The van der Waals surface area contributed by atoms with E-state index in [1.54, 1.807) is 26.4 Å². The molecule has 3 saturated heterocycles. The fourth-order valence-electron chi connectivity index (χ4n) is 7.26. The SMILES string of the molecule is COc1ccc(C2(C#N)CCN(C(=O)[C@H]3CCCN3CCOc3cccc4c3CN(C3CCC(=O)NC3=O)C4=O)CC2)cc1OC. The summed E-state index contributed by atoms with van der Waals surface area (Å²) >= 11 is 0. The van der Waals surface area contributed by atoms with Crippen LogP contribution >= 0.6 is 0 Å². The second kappa shape index (κ2) is 13.0. The zero-order valence-corrected chi connectivity index (χ0v) is 26.3. The van der Waals surface area contributed by atoms with E-state index in [1.165, 1.54) is 4.90 Å². The highest BCUT2D eigenvalue weighted by Gasteiger charge is 2.42. The number of benzene rings is 2. The molecule has 0 spiro atoms. The summed E-state index contributed by atoms with van der Waals surface area (Å²) in [6, 6.07) is 12.5. The second-order valence-electron chi connectivity index (χ2n) is 12.3. The number of nitrogens with one attached hydrogen (secondary N) is 1. The van der Waals surface area contributed by atoms with Gasteiger partial charge < -0.3 is 24.0 Å². The lowest BCUT2D eigenvalue weighted by atomic mass is 9.74. The summed E-state index contributed by atoms with van der Waals surface area (Å²) in [6.07, 6.45) is 3.25.